The van der Waals surface area contributed by atoms with Crippen molar-refractivity contribution in [1.29, 1.82) is 0 Å². The zero-order valence-electron chi connectivity index (χ0n) is 13.2. The molecule has 0 aliphatic rings. The summed E-state index contributed by atoms with van der Waals surface area (Å²) in [5, 5.41) is 3.49. The number of aromatic nitrogens is 2. The minimum Gasteiger partial charge on any atom is -0.493 e. The van der Waals surface area contributed by atoms with E-state index < -0.39 is 0 Å². The van der Waals surface area contributed by atoms with E-state index in [0.29, 0.717) is 12.6 Å². The Morgan fingerprint density at radius 3 is 2.95 bits per heavy atom. The highest BCUT2D eigenvalue weighted by atomic mass is 16.5. The zero-order chi connectivity index (χ0) is 15.1. The van der Waals surface area contributed by atoms with Gasteiger partial charge in [-0.2, -0.15) is 0 Å². The maximum atomic E-state index is 5.85. The number of hydrogen-bond donors (Lipinski definition) is 1. The number of imidazole rings is 1. The predicted octanol–water partition coefficient (Wildman–Crippen LogP) is 3.10. The standard InChI is InChI=1S/C17H25N3O/c1-4-9-18-14(2)15-6-5-7-16(13-15)21-12-8-17-19-10-11-20(17)3/h5-7,10-11,13-14,18H,4,8-9,12H2,1-3H3. The summed E-state index contributed by atoms with van der Waals surface area (Å²) in [5.74, 6) is 1.97. The lowest BCUT2D eigenvalue weighted by molar-refractivity contribution is 0.317. The highest BCUT2D eigenvalue weighted by Gasteiger charge is 2.06. The lowest BCUT2D eigenvalue weighted by Gasteiger charge is -2.15. The van der Waals surface area contributed by atoms with Gasteiger partial charge < -0.3 is 14.6 Å². The molecule has 2 aromatic rings. The topological polar surface area (TPSA) is 39.1 Å². The fraction of sp³-hybridized carbons (Fsp3) is 0.471. The van der Waals surface area contributed by atoms with Gasteiger partial charge in [-0.25, -0.2) is 4.98 Å². The van der Waals surface area contributed by atoms with Gasteiger partial charge in [-0.1, -0.05) is 19.1 Å². The van der Waals surface area contributed by atoms with E-state index in [2.05, 4.69) is 42.3 Å². The molecule has 0 bridgehead atoms. The minimum absolute atomic E-state index is 0.350. The molecule has 4 nitrogen and oxygen atoms in total. The highest BCUT2D eigenvalue weighted by Crippen LogP contribution is 2.19. The Morgan fingerprint density at radius 2 is 2.24 bits per heavy atom. The fourth-order valence-corrected chi connectivity index (χ4v) is 2.25. The van der Waals surface area contributed by atoms with Crippen molar-refractivity contribution in [1.82, 2.24) is 14.9 Å². The molecular weight excluding hydrogens is 262 g/mol. The SMILES string of the molecule is CCCNC(C)c1cccc(OCCc2nccn2C)c1. The molecule has 114 valence electrons. The van der Waals surface area contributed by atoms with Crippen LogP contribution in [0.4, 0.5) is 0 Å². The van der Waals surface area contributed by atoms with Gasteiger partial charge in [0.25, 0.3) is 0 Å². The van der Waals surface area contributed by atoms with Gasteiger partial charge in [0.1, 0.15) is 11.6 Å². The van der Waals surface area contributed by atoms with Crippen molar-refractivity contribution in [3.63, 3.8) is 0 Å². The summed E-state index contributed by atoms with van der Waals surface area (Å²) in [6.45, 7) is 6.04. The van der Waals surface area contributed by atoms with Crippen molar-refractivity contribution in [3.05, 3.63) is 48.0 Å². The highest BCUT2D eigenvalue weighted by molar-refractivity contribution is 5.30. The Bertz CT molecular complexity index is 550. The molecule has 0 amide bonds. The van der Waals surface area contributed by atoms with E-state index in [0.717, 1.165) is 31.0 Å². The number of aryl methyl sites for hydroxylation is 1. The van der Waals surface area contributed by atoms with Gasteiger partial charge in [0, 0.05) is 31.9 Å². The second kappa shape index (κ2) is 7.84. The van der Waals surface area contributed by atoms with Crippen LogP contribution in [0.25, 0.3) is 0 Å². The van der Waals surface area contributed by atoms with Crippen molar-refractivity contribution in [2.75, 3.05) is 13.2 Å². The Kier molecular flexibility index (Phi) is 5.81. The maximum Gasteiger partial charge on any atom is 0.119 e. The van der Waals surface area contributed by atoms with Gasteiger partial charge >= 0.3 is 0 Å². The van der Waals surface area contributed by atoms with Crippen LogP contribution in [0.3, 0.4) is 0 Å². The normalized spacial score (nSPS) is 12.3. The smallest absolute Gasteiger partial charge is 0.119 e. The van der Waals surface area contributed by atoms with Gasteiger partial charge in [0.2, 0.25) is 0 Å². The molecule has 1 heterocycles. The van der Waals surface area contributed by atoms with Crippen molar-refractivity contribution in [3.8, 4) is 5.75 Å². The van der Waals surface area contributed by atoms with Crippen LogP contribution in [-0.2, 0) is 13.5 Å². The predicted molar refractivity (Wildman–Crippen MR) is 85.6 cm³/mol. The van der Waals surface area contributed by atoms with Crippen LogP contribution in [0.2, 0.25) is 0 Å². The van der Waals surface area contributed by atoms with E-state index in [9.17, 15) is 0 Å². The van der Waals surface area contributed by atoms with Crippen molar-refractivity contribution >= 4 is 0 Å². The molecule has 1 aromatic heterocycles. The third-order valence-electron chi connectivity index (χ3n) is 3.57. The number of nitrogens with one attached hydrogen (secondary N) is 1. The Labute approximate surface area is 127 Å². The van der Waals surface area contributed by atoms with Crippen molar-refractivity contribution < 1.29 is 4.74 Å². The van der Waals surface area contributed by atoms with Gasteiger partial charge in [0.15, 0.2) is 0 Å². The maximum absolute atomic E-state index is 5.85. The summed E-state index contributed by atoms with van der Waals surface area (Å²) in [6.07, 6.45) is 5.73. The average molecular weight is 287 g/mol. The first-order chi connectivity index (χ1) is 10.2. The van der Waals surface area contributed by atoms with E-state index in [1.165, 1.54) is 5.56 Å². The van der Waals surface area contributed by atoms with E-state index in [-0.39, 0.29) is 0 Å². The molecule has 4 heteroatoms. The van der Waals surface area contributed by atoms with Gasteiger partial charge in [-0.3, -0.25) is 0 Å². The molecule has 21 heavy (non-hydrogen) atoms. The van der Waals surface area contributed by atoms with Crippen molar-refractivity contribution in [2.24, 2.45) is 7.05 Å². The second-order valence-corrected chi connectivity index (χ2v) is 5.30. The van der Waals surface area contributed by atoms with E-state index in [1.54, 1.807) is 0 Å². The Hall–Kier alpha value is -1.81. The largest absolute Gasteiger partial charge is 0.493 e. The molecule has 0 radical (unpaired) electrons. The summed E-state index contributed by atoms with van der Waals surface area (Å²) >= 11 is 0. The molecule has 0 fully saturated rings. The van der Waals surface area contributed by atoms with Crippen LogP contribution in [0.15, 0.2) is 36.7 Å². The van der Waals surface area contributed by atoms with Gasteiger partial charge in [0.05, 0.1) is 6.61 Å². The minimum atomic E-state index is 0.350. The van der Waals surface area contributed by atoms with Crippen LogP contribution < -0.4 is 10.1 Å². The first-order valence-electron chi connectivity index (χ1n) is 7.63. The Morgan fingerprint density at radius 1 is 1.38 bits per heavy atom. The van der Waals surface area contributed by atoms with Crippen molar-refractivity contribution in [2.45, 2.75) is 32.7 Å². The first kappa shape index (κ1) is 15.6. The summed E-state index contributed by atoms with van der Waals surface area (Å²) in [7, 11) is 2.00. The lowest BCUT2D eigenvalue weighted by atomic mass is 10.1. The molecule has 1 aromatic carbocycles. The fourth-order valence-electron chi connectivity index (χ4n) is 2.25. The second-order valence-electron chi connectivity index (χ2n) is 5.30. The quantitative estimate of drug-likeness (QED) is 0.811. The van der Waals surface area contributed by atoms with Crippen LogP contribution in [0.5, 0.6) is 5.75 Å². The molecule has 0 saturated heterocycles. The summed E-state index contributed by atoms with van der Waals surface area (Å²) in [6, 6.07) is 8.66. The van der Waals surface area contributed by atoms with Gasteiger partial charge in [-0.05, 0) is 37.6 Å². The van der Waals surface area contributed by atoms with E-state index in [4.69, 9.17) is 4.74 Å². The number of benzene rings is 1. The molecule has 0 aliphatic carbocycles. The molecule has 1 atom stereocenters. The number of hydrogen-bond acceptors (Lipinski definition) is 3. The third-order valence-corrected chi connectivity index (χ3v) is 3.57. The summed E-state index contributed by atoms with van der Waals surface area (Å²) < 4.78 is 7.87. The lowest BCUT2D eigenvalue weighted by Crippen LogP contribution is -2.19. The first-order valence-corrected chi connectivity index (χ1v) is 7.63. The molecule has 0 spiro atoms. The van der Waals surface area contributed by atoms with Crippen LogP contribution in [0.1, 0.15) is 37.7 Å². The molecule has 0 saturated carbocycles. The molecule has 1 N–H and O–H groups in total. The summed E-state index contributed by atoms with van der Waals surface area (Å²) in [5.41, 5.74) is 1.26. The molecule has 1 unspecified atom stereocenters. The van der Waals surface area contributed by atoms with Gasteiger partial charge in [-0.15, -0.1) is 0 Å². The zero-order valence-corrected chi connectivity index (χ0v) is 13.2. The Balaban J connectivity index is 1.87. The molecule has 0 aliphatic heterocycles. The number of rotatable bonds is 8. The average Bonchev–Trinajstić information content (AvgIpc) is 2.90. The molecular formula is C17H25N3O. The number of ether oxygens (including phenoxy) is 1. The molecule has 2 rings (SSSR count). The van der Waals surface area contributed by atoms with Crippen LogP contribution in [-0.4, -0.2) is 22.7 Å². The summed E-state index contributed by atoms with van der Waals surface area (Å²) in [4.78, 5) is 4.30. The monoisotopic (exact) mass is 287 g/mol. The van der Waals surface area contributed by atoms with Crippen LogP contribution >= 0.6 is 0 Å². The van der Waals surface area contributed by atoms with E-state index in [1.807, 2.05) is 30.1 Å². The number of nitrogens with zero attached hydrogens (tertiary/aromatic N) is 2. The van der Waals surface area contributed by atoms with Crippen LogP contribution in [0, 0.1) is 0 Å². The van der Waals surface area contributed by atoms with E-state index >= 15 is 0 Å². The third kappa shape index (κ3) is 4.60.